The Labute approximate surface area is 138 Å². The Kier molecular flexibility index (Phi) is 10.4. The molecule has 0 saturated carbocycles. The summed E-state index contributed by atoms with van der Waals surface area (Å²) in [5, 5.41) is 25.1. The number of hydrogen-bond acceptors (Lipinski definition) is 6. The smallest absolute Gasteiger partial charge is 0.172 e. The van der Waals surface area contributed by atoms with Crippen LogP contribution in [0.15, 0.2) is 37.6 Å². The fraction of sp³-hybridized carbons (Fsp3) is 0.438. The van der Waals surface area contributed by atoms with Crippen molar-refractivity contribution in [2.45, 2.75) is 25.8 Å². The number of hydrogen-bond donors (Lipinski definition) is 5. The molecule has 23 heavy (non-hydrogen) atoms. The van der Waals surface area contributed by atoms with E-state index in [4.69, 9.17) is 10.9 Å². The Morgan fingerprint density at radius 2 is 2.04 bits per heavy atom. The number of rotatable bonds is 3. The molecule has 1 aromatic rings. The maximum Gasteiger partial charge on any atom is 0.172 e. The average Bonchev–Trinajstić information content (AvgIpc) is 2.92. The van der Waals surface area contributed by atoms with Gasteiger partial charge < -0.3 is 16.2 Å². The number of nitrogens with zero attached hydrogens (tertiary/aromatic N) is 2. The predicted octanol–water partition coefficient (Wildman–Crippen LogP) is 2.20. The van der Waals surface area contributed by atoms with E-state index in [2.05, 4.69) is 30.2 Å². The molecule has 1 fully saturated rings. The van der Waals surface area contributed by atoms with Gasteiger partial charge in [-0.15, -0.1) is 13.2 Å². The first-order chi connectivity index (χ1) is 11.0. The molecule has 1 saturated heterocycles. The Morgan fingerprint density at radius 3 is 2.35 bits per heavy atom. The van der Waals surface area contributed by atoms with Crippen LogP contribution < -0.4 is 16.5 Å². The summed E-state index contributed by atoms with van der Waals surface area (Å²) < 4.78 is 1.54. The van der Waals surface area contributed by atoms with Crippen LogP contribution in [0.2, 0.25) is 0 Å². The van der Waals surface area contributed by atoms with Crippen molar-refractivity contribution in [2.75, 3.05) is 18.6 Å². The van der Waals surface area contributed by atoms with Gasteiger partial charge in [0.25, 0.3) is 0 Å². The fourth-order valence-corrected chi connectivity index (χ4v) is 2.08. The number of piperidine rings is 1. The molecule has 7 nitrogen and oxygen atoms in total. The molecule has 2 rings (SSSR count). The molecule has 1 aliphatic heterocycles. The molecule has 1 aliphatic rings. The largest absolute Gasteiger partial charge is 0.508 e. The zero-order chi connectivity index (χ0) is 17.8. The number of allylic oxidation sites excluding steroid dienone is 2. The van der Waals surface area contributed by atoms with Gasteiger partial charge in [0, 0.05) is 24.7 Å². The van der Waals surface area contributed by atoms with Gasteiger partial charge in [-0.1, -0.05) is 12.7 Å². The van der Waals surface area contributed by atoms with Crippen LogP contribution in [0.25, 0.3) is 5.57 Å². The average molecular weight is 323 g/mol. The summed E-state index contributed by atoms with van der Waals surface area (Å²) in [6, 6.07) is 2.08. The third kappa shape index (κ3) is 7.14. The summed E-state index contributed by atoms with van der Waals surface area (Å²) in [6.07, 6.45) is 4.03. The highest BCUT2D eigenvalue weighted by atomic mass is 16.5. The molecule has 0 aromatic carbocycles. The first-order valence-corrected chi connectivity index (χ1v) is 7.45. The highest BCUT2D eigenvalue weighted by Crippen LogP contribution is 2.21. The van der Waals surface area contributed by atoms with Gasteiger partial charge in [-0.25, -0.2) is 0 Å². The maximum absolute atomic E-state index is 9.29. The highest BCUT2D eigenvalue weighted by molar-refractivity contribution is 5.75. The monoisotopic (exact) mass is 323 g/mol. The van der Waals surface area contributed by atoms with Crippen molar-refractivity contribution in [1.29, 1.82) is 0 Å². The number of nitrogens with one attached hydrogen (secondary N) is 2. The number of nitrogens with two attached hydrogens (primary N) is 1. The summed E-state index contributed by atoms with van der Waals surface area (Å²) in [7, 11) is 1.71. The number of aliphatic hydroxyl groups is 1. The van der Waals surface area contributed by atoms with E-state index in [1.54, 1.807) is 26.1 Å². The van der Waals surface area contributed by atoms with Crippen molar-refractivity contribution in [3.8, 4) is 0 Å². The second-order valence-electron chi connectivity index (χ2n) is 4.89. The van der Waals surface area contributed by atoms with Crippen molar-refractivity contribution in [1.82, 2.24) is 15.1 Å². The second kappa shape index (κ2) is 11.5. The third-order valence-electron chi connectivity index (χ3n) is 3.25. The molecule has 0 aliphatic carbocycles. The number of aromatic nitrogens is 2. The Hall–Kier alpha value is -2.09. The van der Waals surface area contributed by atoms with Crippen molar-refractivity contribution in [3.05, 3.63) is 43.3 Å². The van der Waals surface area contributed by atoms with Crippen LogP contribution in [-0.4, -0.2) is 39.2 Å². The molecular weight excluding hydrogens is 294 g/mol. The zero-order valence-electron chi connectivity index (χ0n) is 14.0. The lowest BCUT2D eigenvalue weighted by molar-refractivity contribution is 0.385. The summed E-state index contributed by atoms with van der Waals surface area (Å²) >= 11 is 0. The molecule has 0 spiro atoms. The first-order valence-electron chi connectivity index (χ1n) is 7.45. The molecular formula is C16H29N5O2. The summed E-state index contributed by atoms with van der Waals surface area (Å²) in [4.78, 5) is 0. The summed E-state index contributed by atoms with van der Waals surface area (Å²) in [6.45, 7) is 13.5. The minimum Gasteiger partial charge on any atom is -0.508 e. The normalized spacial score (nSPS) is 14.9. The predicted molar refractivity (Wildman–Crippen MR) is 95.4 cm³/mol. The molecule has 0 radical (unpaired) electrons. The topological polar surface area (TPSA) is 108 Å². The third-order valence-corrected chi connectivity index (χ3v) is 3.25. The Balaban J connectivity index is 0.000000449. The van der Waals surface area contributed by atoms with E-state index < -0.39 is 0 Å². The molecule has 130 valence electrons. The van der Waals surface area contributed by atoms with Crippen LogP contribution in [-0.2, 0) is 7.05 Å². The van der Waals surface area contributed by atoms with Crippen LogP contribution in [0.4, 0.5) is 5.82 Å². The lowest BCUT2D eigenvalue weighted by Crippen LogP contribution is -2.35. The molecule has 6 N–H and O–H groups in total. The minimum absolute atomic E-state index is 0.0278. The van der Waals surface area contributed by atoms with E-state index in [0.29, 0.717) is 23.1 Å². The van der Waals surface area contributed by atoms with Gasteiger partial charge in [-0.05, 0) is 32.9 Å². The Bertz CT molecular complexity index is 505. The lowest BCUT2D eigenvalue weighted by atomic mass is 10.1. The molecule has 0 bridgehead atoms. The highest BCUT2D eigenvalue weighted by Gasteiger charge is 2.10. The van der Waals surface area contributed by atoms with Crippen LogP contribution in [0.3, 0.4) is 0 Å². The van der Waals surface area contributed by atoms with Crippen LogP contribution in [0.1, 0.15) is 25.5 Å². The van der Waals surface area contributed by atoms with Gasteiger partial charge >= 0.3 is 0 Å². The van der Waals surface area contributed by atoms with Gasteiger partial charge in [0.05, 0.1) is 5.69 Å². The fourth-order valence-electron chi connectivity index (χ4n) is 2.08. The molecule has 2 heterocycles. The van der Waals surface area contributed by atoms with E-state index in [-0.39, 0.29) is 5.76 Å². The number of aliphatic hydroxyl groups excluding tert-OH is 1. The van der Waals surface area contributed by atoms with Crippen molar-refractivity contribution in [2.24, 2.45) is 12.8 Å². The van der Waals surface area contributed by atoms with Crippen LogP contribution in [0.5, 0.6) is 0 Å². The van der Waals surface area contributed by atoms with E-state index in [0.717, 1.165) is 25.9 Å². The Morgan fingerprint density at radius 1 is 1.48 bits per heavy atom. The van der Waals surface area contributed by atoms with Gasteiger partial charge in [-0.2, -0.15) is 5.10 Å². The van der Waals surface area contributed by atoms with Crippen molar-refractivity contribution < 1.29 is 10.3 Å². The lowest BCUT2D eigenvalue weighted by Gasteiger charge is -2.17. The van der Waals surface area contributed by atoms with Gasteiger partial charge in [-0.3, -0.25) is 15.4 Å². The quantitative estimate of drug-likeness (QED) is 0.252. The SMILES string of the molecule is C=C.C=C(O)/C(=C\C)c1cc(NO)nn1C.NC1CCNCC1. The van der Waals surface area contributed by atoms with Crippen LogP contribution >= 0.6 is 0 Å². The number of anilines is 1. The summed E-state index contributed by atoms with van der Waals surface area (Å²) in [5.41, 5.74) is 8.79. The van der Waals surface area contributed by atoms with Crippen molar-refractivity contribution >= 4 is 11.4 Å². The molecule has 0 unspecified atom stereocenters. The van der Waals surface area contributed by atoms with Gasteiger partial charge in [0.1, 0.15) is 5.76 Å². The minimum atomic E-state index is -0.0278. The molecule has 1 aromatic heterocycles. The van der Waals surface area contributed by atoms with Crippen LogP contribution in [0, 0.1) is 0 Å². The van der Waals surface area contributed by atoms with Crippen molar-refractivity contribution in [3.63, 3.8) is 0 Å². The first kappa shape index (κ1) is 20.9. The zero-order valence-corrected chi connectivity index (χ0v) is 14.0. The van der Waals surface area contributed by atoms with E-state index >= 15 is 0 Å². The maximum atomic E-state index is 9.29. The van der Waals surface area contributed by atoms with E-state index in [1.165, 1.54) is 4.68 Å². The number of aryl methyl sites for hydroxylation is 1. The second-order valence-corrected chi connectivity index (χ2v) is 4.89. The van der Waals surface area contributed by atoms with Gasteiger partial charge in [0.2, 0.25) is 0 Å². The summed E-state index contributed by atoms with van der Waals surface area (Å²) in [5.74, 6) is 0.295. The van der Waals surface area contributed by atoms with E-state index in [1.807, 2.05) is 5.48 Å². The molecule has 0 atom stereocenters. The van der Waals surface area contributed by atoms with Gasteiger partial charge in [0.15, 0.2) is 5.82 Å². The molecule has 0 amide bonds. The molecule has 7 heteroatoms. The standard InChI is InChI=1S/C9H13N3O2.C5H12N2.C2H4/c1-4-7(6(2)13)8-5-9(11-14)10-12(8)3;6-5-1-3-7-4-2-5;1-2/h4-5,13-14H,2H2,1,3H3,(H,10,11);5,7H,1-4,6H2;1-2H2/b7-4+;;. The van der Waals surface area contributed by atoms with E-state index in [9.17, 15) is 5.11 Å².